The van der Waals surface area contributed by atoms with Gasteiger partial charge in [0.05, 0.1) is 0 Å². The van der Waals surface area contributed by atoms with Crippen molar-refractivity contribution in [1.82, 2.24) is 10.2 Å². The maximum absolute atomic E-state index is 3.35. The maximum atomic E-state index is 3.35. The van der Waals surface area contributed by atoms with Gasteiger partial charge in [-0.15, -0.1) is 0 Å². The molecule has 1 heterocycles. The summed E-state index contributed by atoms with van der Waals surface area (Å²) in [5.41, 5.74) is 2.83. The first-order valence-corrected chi connectivity index (χ1v) is 6.39. The third kappa shape index (κ3) is 3.32. The normalized spacial score (nSPS) is 16.8. The zero-order valence-electron chi connectivity index (χ0n) is 10.2. The molecular formula is C14H22N2. The number of likely N-dealkylation sites (tertiary alicyclic amines) is 1. The molecule has 1 fully saturated rings. The molecule has 0 radical (unpaired) electrons. The van der Waals surface area contributed by atoms with Crippen LogP contribution in [-0.2, 0) is 13.1 Å². The van der Waals surface area contributed by atoms with Crippen LogP contribution in [0.5, 0.6) is 0 Å². The van der Waals surface area contributed by atoms with Gasteiger partial charge >= 0.3 is 0 Å². The second-order valence-corrected chi connectivity index (χ2v) is 4.58. The molecular weight excluding hydrogens is 196 g/mol. The van der Waals surface area contributed by atoms with Crippen LogP contribution in [0.2, 0.25) is 0 Å². The van der Waals surface area contributed by atoms with Crippen molar-refractivity contribution in [2.75, 3.05) is 19.6 Å². The van der Waals surface area contributed by atoms with Crippen molar-refractivity contribution < 1.29 is 0 Å². The van der Waals surface area contributed by atoms with Crippen LogP contribution in [0.1, 0.15) is 30.9 Å². The molecule has 2 nitrogen and oxygen atoms in total. The Hall–Kier alpha value is -0.860. The monoisotopic (exact) mass is 218 g/mol. The lowest BCUT2D eigenvalue weighted by Crippen LogP contribution is -2.18. The minimum absolute atomic E-state index is 0.987. The van der Waals surface area contributed by atoms with Crippen LogP contribution in [0.3, 0.4) is 0 Å². The zero-order valence-corrected chi connectivity index (χ0v) is 10.2. The highest BCUT2D eigenvalue weighted by molar-refractivity contribution is 5.22. The van der Waals surface area contributed by atoms with E-state index in [1.54, 1.807) is 0 Å². The molecule has 16 heavy (non-hydrogen) atoms. The van der Waals surface area contributed by atoms with E-state index in [1.807, 2.05) is 0 Å². The number of hydrogen-bond acceptors (Lipinski definition) is 2. The van der Waals surface area contributed by atoms with Crippen molar-refractivity contribution >= 4 is 0 Å². The molecule has 0 aliphatic carbocycles. The number of nitrogens with one attached hydrogen (secondary N) is 1. The molecule has 1 saturated heterocycles. The standard InChI is InChI=1S/C14H22N2/c1-2-15-11-13-5-7-14(8-6-13)12-16-9-3-4-10-16/h5-8,15H,2-4,9-12H2,1H3. The first kappa shape index (κ1) is 11.6. The van der Waals surface area contributed by atoms with E-state index in [2.05, 4.69) is 41.4 Å². The number of hydrogen-bond donors (Lipinski definition) is 1. The molecule has 1 aromatic carbocycles. The molecule has 2 heteroatoms. The molecule has 0 amide bonds. The second-order valence-electron chi connectivity index (χ2n) is 4.58. The summed E-state index contributed by atoms with van der Waals surface area (Å²) >= 11 is 0. The van der Waals surface area contributed by atoms with Gasteiger partial charge in [-0.05, 0) is 43.6 Å². The Bertz CT molecular complexity index is 299. The fraction of sp³-hybridized carbons (Fsp3) is 0.571. The molecule has 0 atom stereocenters. The van der Waals surface area contributed by atoms with E-state index in [9.17, 15) is 0 Å². The summed E-state index contributed by atoms with van der Waals surface area (Å²) in [6.45, 7) is 7.84. The molecule has 0 bridgehead atoms. The first-order chi connectivity index (χ1) is 7.88. The Morgan fingerprint density at radius 3 is 2.31 bits per heavy atom. The Balaban J connectivity index is 1.86. The molecule has 1 aliphatic heterocycles. The van der Waals surface area contributed by atoms with Crippen LogP contribution in [0.4, 0.5) is 0 Å². The average molecular weight is 218 g/mol. The van der Waals surface area contributed by atoms with Gasteiger partial charge in [-0.1, -0.05) is 31.2 Å². The molecule has 0 aromatic heterocycles. The third-order valence-electron chi connectivity index (χ3n) is 3.21. The first-order valence-electron chi connectivity index (χ1n) is 6.39. The Morgan fingerprint density at radius 2 is 1.69 bits per heavy atom. The van der Waals surface area contributed by atoms with Crippen LogP contribution < -0.4 is 5.32 Å². The molecule has 1 aliphatic rings. The largest absolute Gasteiger partial charge is 0.313 e. The van der Waals surface area contributed by atoms with E-state index >= 15 is 0 Å². The molecule has 0 saturated carbocycles. The predicted molar refractivity (Wildman–Crippen MR) is 68.3 cm³/mol. The summed E-state index contributed by atoms with van der Waals surface area (Å²) in [6.07, 6.45) is 2.75. The van der Waals surface area contributed by atoms with Crippen molar-refractivity contribution in [3.8, 4) is 0 Å². The highest BCUT2D eigenvalue weighted by Gasteiger charge is 2.11. The van der Waals surface area contributed by atoms with Gasteiger partial charge in [-0.2, -0.15) is 0 Å². The van der Waals surface area contributed by atoms with E-state index in [4.69, 9.17) is 0 Å². The van der Waals surface area contributed by atoms with Crippen LogP contribution in [0.25, 0.3) is 0 Å². The molecule has 2 rings (SSSR count). The molecule has 1 aromatic rings. The van der Waals surface area contributed by atoms with E-state index in [1.165, 1.54) is 37.1 Å². The number of nitrogens with zero attached hydrogens (tertiary/aromatic N) is 1. The highest BCUT2D eigenvalue weighted by atomic mass is 15.1. The van der Waals surface area contributed by atoms with Gasteiger partial charge in [0, 0.05) is 13.1 Å². The van der Waals surface area contributed by atoms with Gasteiger partial charge in [-0.3, -0.25) is 4.90 Å². The molecule has 88 valence electrons. The molecule has 0 spiro atoms. The fourth-order valence-corrected chi connectivity index (χ4v) is 2.23. The second kappa shape index (κ2) is 6.02. The highest BCUT2D eigenvalue weighted by Crippen LogP contribution is 2.13. The third-order valence-corrected chi connectivity index (χ3v) is 3.21. The van der Waals surface area contributed by atoms with Crippen molar-refractivity contribution in [3.05, 3.63) is 35.4 Å². The zero-order chi connectivity index (χ0) is 11.2. The van der Waals surface area contributed by atoms with Crippen LogP contribution in [0, 0.1) is 0 Å². The van der Waals surface area contributed by atoms with E-state index in [0.717, 1.165) is 19.6 Å². The summed E-state index contributed by atoms with van der Waals surface area (Å²) in [5, 5.41) is 3.35. The Kier molecular flexibility index (Phi) is 4.37. The molecule has 0 unspecified atom stereocenters. The molecule has 1 N–H and O–H groups in total. The Labute approximate surface area is 98.7 Å². The smallest absolute Gasteiger partial charge is 0.0233 e. The van der Waals surface area contributed by atoms with Crippen molar-refractivity contribution in [1.29, 1.82) is 0 Å². The van der Waals surface area contributed by atoms with Crippen molar-refractivity contribution in [2.24, 2.45) is 0 Å². The van der Waals surface area contributed by atoms with Crippen molar-refractivity contribution in [2.45, 2.75) is 32.9 Å². The van der Waals surface area contributed by atoms with Gasteiger partial charge in [0.15, 0.2) is 0 Å². The van der Waals surface area contributed by atoms with Crippen LogP contribution in [0.15, 0.2) is 24.3 Å². The van der Waals surface area contributed by atoms with Crippen LogP contribution in [-0.4, -0.2) is 24.5 Å². The summed E-state index contributed by atoms with van der Waals surface area (Å²) in [5.74, 6) is 0. The average Bonchev–Trinajstić information content (AvgIpc) is 2.81. The van der Waals surface area contributed by atoms with Crippen molar-refractivity contribution in [3.63, 3.8) is 0 Å². The lowest BCUT2D eigenvalue weighted by atomic mass is 10.1. The lowest BCUT2D eigenvalue weighted by molar-refractivity contribution is 0.331. The summed E-state index contributed by atoms with van der Waals surface area (Å²) in [6, 6.07) is 9.03. The lowest BCUT2D eigenvalue weighted by Gasteiger charge is -2.14. The summed E-state index contributed by atoms with van der Waals surface area (Å²) in [7, 11) is 0. The number of benzene rings is 1. The quantitative estimate of drug-likeness (QED) is 0.816. The maximum Gasteiger partial charge on any atom is 0.0233 e. The SMILES string of the molecule is CCNCc1ccc(CN2CCCC2)cc1. The minimum Gasteiger partial charge on any atom is -0.313 e. The van der Waals surface area contributed by atoms with E-state index in [-0.39, 0.29) is 0 Å². The predicted octanol–water partition coefficient (Wildman–Crippen LogP) is 2.39. The number of rotatable bonds is 5. The topological polar surface area (TPSA) is 15.3 Å². The van der Waals surface area contributed by atoms with Gasteiger partial charge in [0.25, 0.3) is 0 Å². The van der Waals surface area contributed by atoms with Gasteiger partial charge in [0.2, 0.25) is 0 Å². The summed E-state index contributed by atoms with van der Waals surface area (Å²) < 4.78 is 0. The summed E-state index contributed by atoms with van der Waals surface area (Å²) in [4.78, 5) is 2.54. The van der Waals surface area contributed by atoms with Gasteiger partial charge < -0.3 is 5.32 Å². The minimum atomic E-state index is 0.987. The Morgan fingerprint density at radius 1 is 1.06 bits per heavy atom. The van der Waals surface area contributed by atoms with Crippen LogP contribution >= 0.6 is 0 Å². The van der Waals surface area contributed by atoms with E-state index in [0.29, 0.717) is 0 Å². The van der Waals surface area contributed by atoms with Gasteiger partial charge in [-0.25, -0.2) is 0 Å². The fourth-order valence-electron chi connectivity index (χ4n) is 2.23. The van der Waals surface area contributed by atoms with Gasteiger partial charge in [0.1, 0.15) is 0 Å². The van der Waals surface area contributed by atoms with E-state index < -0.39 is 0 Å².